The Bertz CT molecular complexity index is 1180. The van der Waals surface area contributed by atoms with E-state index in [2.05, 4.69) is 39.5 Å². The van der Waals surface area contributed by atoms with Crippen LogP contribution in [0, 0.1) is 13.8 Å². The number of fused-ring (bicyclic) bond motifs is 2. The van der Waals surface area contributed by atoms with E-state index < -0.39 is 18.0 Å². The summed E-state index contributed by atoms with van der Waals surface area (Å²) in [5.41, 5.74) is 4.10. The molecule has 31 heavy (non-hydrogen) atoms. The van der Waals surface area contributed by atoms with Crippen LogP contribution in [0.3, 0.4) is 0 Å². The summed E-state index contributed by atoms with van der Waals surface area (Å²) in [7, 11) is 0. The van der Waals surface area contributed by atoms with E-state index in [4.69, 9.17) is 0 Å². The summed E-state index contributed by atoms with van der Waals surface area (Å²) in [4.78, 5) is 20.8. The molecule has 3 aliphatic rings. The normalized spacial score (nSPS) is 23.2. The van der Waals surface area contributed by atoms with Crippen molar-refractivity contribution in [2.45, 2.75) is 39.4 Å². The highest BCUT2D eigenvalue weighted by Crippen LogP contribution is 2.29. The Morgan fingerprint density at radius 3 is 2.81 bits per heavy atom. The average molecular weight is 423 g/mol. The van der Waals surface area contributed by atoms with E-state index in [0.717, 1.165) is 42.1 Å². The second-order valence-corrected chi connectivity index (χ2v) is 9.01. The highest BCUT2D eigenvalue weighted by Gasteiger charge is 2.35. The molecule has 0 spiro atoms. The lowest BCUT2D eigenvalue weighted by Gasteiger charge is -2.42. The summed E-state index contributed by atoms with van der Waals surface area (Å²) >= 11 is 0. The van der Waals surface area contributed by atoms with Crippen molar-refractivity contribution in [3.63, 3.8) is 0 Å². The zero-order valence-corrected chi connectivity index (χ0v) is 18.1. The monoisotopic (exact) mass is 423 g/mol. The summed E-state index contributed by atoms with van der Waals surface area (Å²) in [5.74, 6) is -0.471. The Hall–Kier alpha value is -3.20. The first-order chi connectivity index (χ1) is 14.7. The van der Waals surface area contributed by atoms with E-state index in [9.17, 15) is 4.79 Å². The summed E-state index contributed by atoms with van der Waals surface area (Å²) in [6, 6.07) is 5.41. The van der Waals surface area contributed by atoms with E-state index >= 15 is 4.39 Å². The summed E-state index contributed by atoms with van der Waals surface area (Å²) < 4.78 is 17.0. The second-order valence-electron chi connectivity index (χ2n) is 9.01. The topological polar surface area (TPSA) is 77.3 Å². The maximum Gasteiger partial charge on any atom is 0.329 e. The van der Waals surface area contributed by atoms with E-state index in [1.165, 1.54) is 11.0 Å². The molecule has 2 N–H and O–H groups in total. The third-order valence-corrected chi connectivity index (χ3v) is 5.84. The number of piperazine rings is 1. The molecule has 0 aromatic carbocycles. The molecule has 1 atom stereocenters. The SMILES string of the molecule is Cc1cc2cc(C3N=C4C(F)=CC(N5CCNC(C)(C)C5)=CN4C(=O)N3)cc(C)n2n1. The van der Waals surface area contributed by atoms with Crippen LogP contribution >= 0.6 is 0 Å². The first-order valence-electron chi connectivity index (χ1n) is 10.4. The van der Waals surface area contributed by atoms with Crippen molar-refractivity contribution in [1.29, 1.82) is 0 Å². The van der Waals surface area contributed by atoms with Crippen LogP contribution < -0.4 is 10.6 Å². The van der Waals surface area contributed by atoms with Gasteiger partial charge in [-0.3, -0.25) is 0 Å². The summed E-state index contributed by atoms with van der Waals surface area (Å²) in [5, 5.41) is 10.8. The van der Waals surface area contributed by atoms with Crippen LogP contribution in [-0.2, 0) is 0 Å². The molecule has 5 rings (SSSR count). The smallest absolute Gasteiger partial charge is 0.329 e. The van der Waals surface area contributed by atoms with Crippen LogP contribution in [0.4, 0.5) is 9.18 Å². The number of urea groups is 1. The number of carbonyl (C=O) groups excluding carboxylic acids is 1. The van der Waals surface area contributed by atoms with Crippen LogP contribution in [-0.4, -0.2) is 56.5 Å². The van der Waals surface area contributed by atoms with Crippen molar-refractivity contribution < 1.29 is 9.18 Å². The second kappa shape index (κ2) is 6.91. The van der Waals surface area contributed by atoms with Gasteiger partial charge in [0.15, 0.2) is 17.8 Å². The van der Waals surface area contributed by atoms with E-state index in [1.54, 1.807) is 6.20 Å². The zero-order valence-electron chi connectivity index (χ0n) is 18.1. The molecule has 2 aromatic heterocycles. The molecule has 2 amide bonds. The molecule has 0 radical (unpaired) electrons. The van der Waals surface area contributed by atoms with Crippen LogP contribution in [0.25, 0.3) is 5.52 Å². The number of amidine groups is 1. The van der Waals surface area contributed by atoms with Crippen LogP contribution in [0.2, 0.25) is 0 Å². The van der Waals surface area contributed by atoms with Crippen molar-refractivity contribution >= 4 is 17.4 Å². The molecule has 1 unspecified atom stereocenters. The van der Waals surface area contributed by atoms with Gasteiger partial charge >= 0.3 is 6.03 Å². The van der Waals surface area contributed by atoms with Gasteiger partial charge in [-0.25, -0.2) is 23.6 Å². The summed E-state index contributed by atoms with van der Waals surface area (Å²) in [6.45, 7) is 10.3. The lowest BCUT2D eigenvalue weighted by atomic mass is 10.0. The van der Waals surface area contributed by atoms with Gasteiger partial charge in [0.05, 0.1) is 16.9 Å². The van der Waals surface area contributed by atoms with Gasteiger partial charge in [0.2, 0.25) is 0 Å². The zero-order chi connectivity index (χ0) is 21.9. The Morgan fingerprint density at radius 2 is 2.03 bits per heavy atom. The Kier molecular flexibility index (Phi) is 4.40. The minimum atomic E-state index is -0.662. The van der Waals surface area contributed by atoms with Crippen LogP contribution in [0.15, 0.2) is 47.0 Å². The van der Waals surface area contributed by atoms with Crippen LogP contribution in [0.1, 0.15) is 37.0 Å². The molecule has 162 valence electrons. The molecule has 9 heteroatoms. The molecule has 3 aliphatic heterocycles. The number of aryl methyl sites for hydroxylation is 2. The fourth-order valence-corrected chi connectivity index (χ4v) is 4.43. The molecule has 5 heterocycles. The molecule has 1 saturated heterocycles. The highest BCUT2D eigenvalue weighted by atomic mass is 19.1. The van der Waals surface area contributed by atoms with Gasteiger partial charge < -0.3 is 15.5 Å². The van der Waals surface area contributed by atoms with Gasteiger partial charge in [0.25, 0.3) is 0 Å². The predicted molar refractivity (Wildman–Crippen MR) is 116 cm³/mol. The Labute approximate surface area is 180 Å². The number of hydrogen-bond donors (Lipinski definition) is 2. The number of aliphatic imine (C=N–C) groups is 1. The van der Waals surface area contributed by atoms with E-state index in [-0.39, 0.29) is 11.4 Å². The predicted octanol–water partition coefficient (Wildman–Crippen LogP) is 2.77. The number of hydrogen-bond acceptors (Lipinski definition) is 5. The molecular weight excluding hydrogens is 397 g/mol. The van der Waals surface area contributed by atoms with Crippen molar-refractivity contribution in [3.05, 3.63) is 59.0 Å². The van der Waals surface area contributed by atoms with Gasteiger partial charge in [-0.2, -0.15) is 5.10 Å². The highest BCUT2D eigenvalue weighted by molar-refractivity contribution is 6.09. The lowest BCUT2D eigenvalue weighted by Crippen LogP contribution is -2.57. The first-order valence-corrected chi connectivity index (χ1v) is 10.4. The van der Waals surface area contributed by atoms with Crippen molar-refractivity contribution in [3.8, 4) is 0 Å². The third kappa shape index (κ3) is 3.48. The molecule has 8 nitrogen and oxygen atoms in total. The third-order valence-electron chi connectivity index (χ3n) is 5.84. The minimum Gasteiger partial charge on any atom is -0.367 e. The minimum absolute atomic E-state index is 0.0362. The molecule has 0 saturated carbocycles. The van der Waals surface area contributed by atoms with Gasteiger partial charge in [0.1, 0.15) is 0 Å². The quantitative estimate of drug-likeness (QED) is 0.779. The number of halogens is 1. The number of aromatic nitrogens is 2. The first kappa shape index (κ1) is 19.7. The van der Waals surface area contributed by atoms with Crippen molar-refractivity contribution in [1.82, 2.24) is 30.0 Å². The van der Waals surface area contributed by atoms with Gasteiger partial charge in [0, 0.05) is 48.7 Å². The largest absolute Gasteiger partial charge is 0.367 e. The number of nitrogens with zero attached hydrogens (tertiary/aromatic N) is 5. The average Bonchev–Trinajstić information content (AvgIpc) is 3.08. The molecule has 0 bridgehead atoms. The van der Waals surface area contributed by atoms with Crippen molar-refractivity contribution in [2.24, 2.45) is 4.99 Å². The maximum absolute atomic E-state index is 15.1. The number of nitrogens with one attached hydrogen (secondary N) is 2. The lowest BCUT2D eigenvalue weighted by molar-refractivity contribution is 0.191. The molecule has 1 fully saturated rings. The standard InChI is InChI=1S/C22H26FN7O/c1-13-7-16-9-15(8-14(2)30(16)27-13)19-25-20-18(23)10-17(11-29(20)21(31)26-19)28-6-5-24-22(3,4)12-28/h7-11,19,24H,5-6,12H2,1-4H3,(H,26,31). The number of rotatable bonds is 2. The van der Waals surface area contributed by atoms with Gasteiger partial charge in [-0.05, 0) is 45.9 Å². The number of carbonyl (C=O) groups is 1. The van der Waals surface area contributed by atoms with Crippen molar-refractivity contribution in [2.75, 3.05) is 19.6 Å². The maximum atomic E-state index is 15.1. The fraction of sp³-hybridized carbons (Fsp3) is 0.409. The summed E-state index contributed by atoms with van der Waals surface area (Å²) in [6.07, 6.45) is 2.48. The molecular formula is C22H26FN7O. The molecule has 2 aromatic rings. The van der Waals surface area contributed by atoms with E-state index in [1.807, 2.05) is 36.6 Å². The Balaban J connectivity index is 1.48. The van der Waals surface area contributed by atoms with Gasteiger partial charge in [-0.15, -0.1) is 0 Å². The number of allylic oxidation sites excluding steroid dienone is 1. The fourth-order valence-electron chi connectivity index (χ4n) is 4.43. The Morgan fingerprint density at radius 1 is 1.23 bits per heavy atom. The van der Waals surface area contributed by atoms with Crippen LogP contribution in [0.5, 0.6) is 0 Å². The molecule has 0 aliphatic carbocycles. The van der Waals surface area contributed by atoms with E-state index in [0.29, 0.717) is 5.70 Å². The number of amides is 2. The number of pyridine rings is 1. The van der Waals surface area contributed by atoms with Gasteiger partial charge in [-0.1, -0.05) is 0 Å².